The fraction of sp³-hybridized carbons (Fsp3) is 0.300. The van der Waals surface area contributed by atoms with Gasteiger partial charge in [0, 0.05) is 6.92 Å². The summed E-state index contributed by atoms with van der Waals surface area (Å²) < 4.78 is 35.6. The molecule has 6 heteroatoms. The molecule has 0 bridgehead atoms. The van der Waals surface area contributed by atoms with Crippen LogP contribution in [0, 0.1) is 13.8 Å². The predicted molar refractivity (Wildman–Crippen MR) is 57.0 cm³/mol. The van der Waals surface area contributed by atoms with Crippen LogP contribution in [0.15, 0.2) is 17.0 Å². The van der Waals surface area contributed by atoms with Crippen molar-refractivity contribution in [1.29, 1.82) is 0 Å². The van der Waals surface area contributed by atoms with Crippen molar-refractivity contribution < 1.29 is 22.5 Å². The minimum atomic E-state index is -4.23. The van der Waals surface area contributed by atoms with Crippen molar-refractivity contribution in [3.05, 3.63) is 23.3 Å². The summed E-state index contributed by atoms with van der Waals surface area (Å²) in [6, 6.07) is 2.50. The first-order valence-corrected chi connectivity index (χ1v) is 5.93. The summed E-state index contributed by atoms with van der Waals surface area (Å²) in [4.78, 5) is 10.6. The fourth-order valence-electron chi connectivity index (χ4n) is 1.36. The topological polar surface area (TPSA) is 80.7 Å². The SMILES string of the molecule is CC(=O)Oc1c(C)cc(S(=O)(=O)O)cc1C. The Labute approximate surface area is 93.8 Å². The van der Waals surface area contributed by atoms with E-state index in [1.165, 1.54) is 19.1 Å². The molecular weight excluding hydrogens is 232 g/mol. The van der Waals surface area contributed by atoms with Crippen molar-refractivity contribution >= 4 is 16.1 Å². The van der Waals surface area contributed by atoms with Crippen LogP contribution in [-0.2, 0) is 14.9 Å². The van der Waals surface area contributed by atoms with Gasteiger partial charge in [0.1, 0.15) is 5.75 Å². The number of carbonyl (C=O) groups is 1. The van der Waals surface area contributed by atoms with Gasteiger partial charge in [0.2, 0.25) is 0 Å². The predicted octanol–water partition coefficient (Wildman–Crippen LogP) is 1.48. The van der Waals surface area contributed by atoms with Crippen LogP contribution in [0.3, 0.4) is 0 Å². The molecule has 0 atom stereocenters. The number of carbonyl (C=O) groups excluding carboxylic acids is 1. The molecule has 0 aromatic heterocycles. The summed E-state index contributed by atoms with van der Waals surface area (Å²) in [7, 11) is -4.23. The van der Waals surface area contributed by atoms with Crippen molar-refractivity contribution in [2.24, 2.45) is 0 Å². The van der Waals surface area contributed by atoms with Gasteiger partial charge in [-0.25, -0.2) is 0 Å². The van der Waals surface area contributed by atoms with Gasteiger partial charge in [-0.15, -0.1) is 0 Å². The van der Waals surface area contributed by atoms with Crippen molar-refractivity contribution in [2.45, 2.75) is 25.7 Å². The number of aryl methyl sites for hydroxylation is 2. The van der Waals surface area contributed by atoms with Crippen molar-refractivity contribution in [3.8, 4) is 5.75 Å². The molecule has 0 saturated heterocycles. The first-order chi connectivity index (χ1) is 7.21. The Morgan fingerprint density at radius 3 is 2.00 bits per heavy atom. The lowest BCUT2D eigenvalue weighted by atomic mass is 10.1. The molecular formula is C10H12O5S. The Hall–Kier alpha value is -1.40. The summed E-state index contributed by atoms with van der Waals surface area (Å²) in [5.74, 6) is -0.161. The van der Waals surface area contributed by atoms with Gasteiger partial charge in [0.15, 0.2) is 0 Å². The van der Waals surface area contributed by atoms with Crippen LogP contribution < -0.4 is 4.74 Å². The first-order valence-electron chi connectivity index (χ1n) is 4.49. The number of benzene rings is 1. The van der Waals surface area contributed by atoms with Crippen LogP contribution in [0.25, 0.3) is 0 Å². The van der Waals surface area contributed by atoms with Crippen LogP contribution >= 0.6 is 0 Å². The molecule has 0 saturated carbocycles. The van der Waals surface area contributed by atoms with Gasteiger partial charge < -0.3 is 4.74 Å². The summed E-state index contributed by atoms with van der Waals surface area (Å²) in [5.41, 5.74) is 0.950. The Balaban J connectivity index is 3.34. The Bertz CT molecular complexity index is 507. The zero-order chi connectivity index (χ0) is 12.5. The first kappa shape index (κ1) is 12.7. The highest BCUT2D eigenvalue weighted by Gasteiger charge is 2.15. The molecule has 0 unspecified atom stereocenters. The molecule has 0 fully saturated rings. The highest BCUT2D eigenvalue weighted by Crippen LogP contribution is 2.26. The number of ether oxygens (including phenoxy) is 1. The van der Waals surface area contributed by atoms with Crippen LogP contribution in [0.2, 0.25) is 0 Å². The standard InChI is InChI=1S/C10H12O5S/c1-6-4-9(16(12,13)14)5-7(2)10(6)15-8(3)11/h4-5H,1-3H3,(H,12,13,14). The third-order valence-electron chi connectivity index (χ3n) is 1.98. The van der Waals surface area contributed by atoms with Crippen LogP contribution in [-0.4, -0.2) is 18.9 Å². The van der Waals surface area contributed by atoms with E-state index < -0.39 is 16.1 Å². The lowest BCUT2D eigenvalue weighted by Crippen LogP contribution is -2.06. The molecule has 0 aliphatic carbocycles. The second kappa shape index (κ2) is 4.23. The normalized spacial score (nSPS) is 11.2. The lowest BCUT2D eigenvalue weighted by Gasteiger charge is -2.10. The lowest BCUT2D eigenvalue weighted by molar-refractivity contribution is -0.131. The number of esters is 1. The van der Waals surface area contributed by atoms with E-state index in [-0.39, 0.29) is 4.90 Å². The van der Waals surface area contributed by atoms with Gasteiger partial charge in [-0.1, -0.05) is 0 Å². The van der Waals surface area contributed by atoms with Gasteiger partial charge in [-0.3, -0.25) is 9.35 Å². The third-order valence-corrected chi connectivity index (χ3v) is 2.81. The average Bonchev–Trinajstić information content (AvgIpc) is 2.09. The molecule has 0 amide bonds. The van der Waals surface area contributed by atoms with Crippen molar-refractivity contribution in [3.63, 3.8) is 0 Å². The van der Waals surface area contributed by atoms with Crippen LogP contribution in [0.5, 0.6) is 5.75 Å². The minimum Gasteiger partial charge on any atom is -0.426 e. The molecule has 0 heterocycles. The number of rotatable bonds is 2. The molecule has 1 N–H and O–H groups in total. The Morgan fingerprint density at radius 1 is 1.25 bits per heavy atom. The highest BCUT2D eigenvalue weighted by molar-refractivity contribution is 7.85. The van der Waals surface area contributed by atoms with Gasteiger partial charge in [0.05, 0.1) is 4.90 Å². The van der Waals surface area contributed by atoms with E-state index in [2.05, 4.69) is 0 Å². The zero-order valence-corrected chi connectivity index (χ0v) is 9.96. The van der Waals surface area contributed by atoms with E-state index in [1.54, 1.807) is 13.8 Å². The molecule has 0 aliphatic heterocycles. The quantitative estimate of drug-likeness (QED) is 0.484. The van der Waals surface area contributed by atoms with E-state index in [0.29, 0.717) is 16.9 Å². The fourth-order valence-corrected chi connectivity index (χ4v) is 2.02. The van der Waals surface area contributed by atoms with E-state index >= 15 is 0 Å². The third kappa shape index (κ3) is 2.80. The van der Waals surface area contributed by atoms with Gasteiger partial charge in [0.25, 0.3) is 10.1 Å². The molecule has 16 heavy (non-hydrogen) atoms. The van der Waals surface area contributed by atoms with E-state index in [1.807, 2.05) is 0 Å². The van der Waals surface area contributed by atoms with Crippen LogP contribution in [0.4, 0.5) is 0 Å². The Morgan fingerprint density at radius 2 is 1.69 bits per heavy atom. The number of hydrogen-bond acceptors (Lipinski definition) is 4. The van der Waals surface area contributed by atoms with Crippen molar-refractivity contribution in [1.82, 2.24) is 0 Å². The summed E-state index contributed by atoms with van der Waals surface area (Å²) in [5, 5.41) is 0. The highest BCUT2D eigenvalue weighted by atomic mass is 32.2. The summed E-state index contributed by atoms with van der Waals surface area (Å²) in [6.07, 6.45) is 0. The number of hydrogen-bond donors (Lipinski definition) is 1. The molecule has 5 nitrogen and oxygen atoms in total. The van der Waals surface area contributed by atoms with E-state index in [9.17, 15) is 13.2 Å². The summed E-state index contributed by atoms with van der Waals surface area (Å²) >= 11 is 0. The summed E-state index contributed by atoms with van der Waals surface area (Å²) in [6.45, 7) is 4.45. The zero-order valence-electron chi connectivity index (χ0n) is 9.14. The largest absolute Gasteiger partial charge is 0.426 e. The van der Waals surface area contributed by atoms with Gasteiger partial charge in [-0.05, 0) is 37.1 Å². The van der Waals surface area contributed by atoms with Crippen molar-refractivity contribution in [2.75, 3.05) is 0 Å². The molecule has 88 valence electrons. The molecule has 0 spiro atoms. The molecule has 0 aliphatic rings. The van der Waals surface area contributed by atoms with Gasteiger partial charge in [-0.2, -0.15) is 8.42 Å². The maximum Gasteiger partial charge on any atom is 0.308 e. The minimum absolute atomic E-state index is 0.210. The van der Waals surface area contributed by atoms with Crippen LogP contribution in [0.1, 0.15) is 18.1 Å². The maximum absolute atomic E-state index is 10.9. The second-order valence-corrected chi connectivity index (χ2v) is 4.88. The van der Waals surface area contributed by atoms with E-state index in [4.69, 9.17) is 9.29 Å². The monoisotopic (exact) mass is 244 g/mol. The molecule has 1 rings (SSSR count). The Kier molecular flexibility index (Phi) is 3.35. The average molecular weight is 244 g/mol. The molecule has 1 aromatic carbocycles. The van der Waals surface area contributed by atoms with E-state index in [0.717, 1.165) is 0 Å². The van der Waals surface area contributed by atoms with Gasteiger partial charge >= 0.3 is 5.97 Å². The maximum atomic E-state index is 10.9. The second-order valence-electron chi connectivity index (χ2n) is 3.45. The molecule has 0 radical (unpaired) electrons. The molecule has 1 aromatic rings. The smallest absolute Gasteiger partial charge is 0.308 e.